The maximum absolute atomic E-state index is 13.7. The number of carbonyl (C=O) groups is 1. The first-order valence-electron chi connectivity index (χ1n) is 8.79. The van der Waals surface area contributed by atoms with E-state index in [-0.39, 0.29) is 17.4 Å². The lowest BCUT2D eigenvalue weighted by Crippen LogP contribution is -2.27. The fraction of sp³-hybridized carbons (Fsp3) is 0.238. The Bertz CT molecular complexity index is 987. The first-order chi connectivity index (χ1) is 13.3. The highest BCUT2D eigenvalue weighted by Crippen LogP contribution is 2.28. The SMILES string of the molecule is Cc1ccc(-c2cnc(CCC(=O)N[C@@H](C)c3cc(F)c(Cl)cc3Cl)o2)cc1. The summed E-state index contributed by atoms with van der Waals surface area (Å²) < 4.78 is 19.4. The number of hydrogen-bond donors (Lipinski definition) is 1. The van der Waals surface area contributed by atoms with Gasteiger partial charge in [-0.25, -0.2) is 9.37 Å². The number of hydrogen-bond acceptors (Lipinski definition) is 3. The van der Waals surface area contributed by atoms with E-state index in [0.717, 1.165) is 11.1 Å². The van der Waals surface area contributed by atoms with Crippen LogP contribution in [0.3, 0.4) is 0 Å². The van der Waals surface area contributed by atoms with Gasteiger partial charge in [0.25, 0.3) is 0 Å². The molecule has 0 fully saturated rings. The maximum atomic E-state index is 13.7. The van der Waals surface area contributed by atoms with Crippen LogP contribution in [0.4, 0.5) is 4.39 Å². The highest BCUT2D eigenvalue weighted by Gasteiger charge is 2.16. The second-order valence-corrected chi connectivity index (χ2v) is 7.38. The monoisotopic (exact) mass is 420 g/mol. The Hall–Kier alpha value is -2.37. The zero-order chi connectivity index (χ0) is 20.3. The molecule has 0 spiro atoms. The van der Waals surface area contributed by atoms with Crippen molar-refractivity contribution < 1.29 is 13.6 Å². The maximum Gasteiger partial charge on any atom is 0.220 e. The molecule has 0 saturated carbocycles. The lowest BCUT2D eigenvalue weighted by atomic mass is 10.1. The van der Waals surface area contributed by atoms with E-state index in [9.17, 15) is 9.18 Å². The molecular weight excluding hydrogens is 402 g/mol. The smallest absolute Gasteiger partial charge is 0.220 e. The van der Waals surface area contributed by atoms with E-state index in [1.54, 1.807) is 13.1 Å². The van der Waals surface area contributed by atoms with Gasteiger partial charge in [-0.15, -0.1) is 0 Å². The number of oxazole rings is 1. The number of aryl methyl sites for hydroxylation is 2. The van der Waals surface area contributed by atoms with Crippen LogP contribution in [0.2, 0.25) is 10.0 Å². The molecule has 1 aromatic heterocycles. The lowest BCUT2D eigenvalue weighted by Gasteiger charge is -2.16. The molecular formula is C21H19Cl2FN2O2. The number of halogens is 3. The number of benzene rings is 2. The van der Waals surface area contributed by atoms with Gasteiger partial charge in [-0.05, 0) is 31.5 Å². The minimum absolute atomic E-state index is 0.0550. The summed E-state index contributed by atoms with van der Waals surface area (Å²) in [5.74, 6) is 0.348. The van der Waals surface area contributed by atoms with Crippen molar-refractivity contribution in [1.82, 2.24) is 10.3 Å². The standard InChI is InChI=1S/C21H19Cl2FN2O2/c1-12-3-5-14(6-4-12)19-11-25-21(28-19)8-7-20(27)26-13(2)15-9-18(24)17(23)10-16(15)22/h3-6,9-11,13H,7-8H2,1-2H3,(H,26,27)/t13-/m0/s1. The fourth-order valence-corrected chi connectivity index (χ4v) is 3.31. The van der Waals surface area contributed by atoms with Crippen LogP contribution in [0, 0.1) is 12.7 Å². The van der Waals surface area contributed by atoms with Crippen LogP contribution < -0.4 is 5.32 Å². The first kappa shape index (κ1) is 20.4. The molecule has 3 aromatic rings. The van der Waals surface area contributed by atoms with Crippen molar-refractivity contribution in [3.63, 3.8) is 0 Å². The minimum atomic E-state index is -0.578. The number of rotatable bonds is 6. The van der Waals surface area contributed by atoms with Gasteiger partial charge in [0.15, 0.2) is 11.7 Å². The van der Waals surface area contributed by atoms with Crippen LogP contribution in [0.25, 0.3) is 11.3 Å². The van der Waals surface area contributed by atoms with Gasteiger partial charge in [-0.2, -0.15) is 0 Å². The largest absolute Gasteiger partial charge is 0.441 e. The molecule has 1 heterocycles. The molecule has 0 bridgehead atoms. The summed E-state index contributed by atoms with van der Waals surface area (Å²) in [6, 6.07) is 10.0. The van der Waals surface area contributed by atoms with Crippen molar-refractivity contribution in [2.45, 2.75) is 32.7 Å². The molecule has 0 unspecified atom stereocenters. The third kappa shape index (κ3) is 4.91. The molecule has 0 aliphatic carbocycles. The van der Waals surface area contributed by atoms with E-state index >= 15 is 0 Å². The van der Waals surface area contributed by atoms with Gasteiger partial charge in [0, 0.05) is 23.4 Å². The number of carbonyl (C=O) groups excluding carboxylic acids is 1. The Morgan fingerprint density at radius 1 is 1.21 bits per heavy atom. The Morgan fingerprint density at radius 3 is 2.64 bits per heavy atom. The average molecular weight is 421 g/mol. The zero-order valence-electron chi connectivity index (χ0n) is 15.4. The molecule has 0 aliphatic heterocycles. The van der Waals surface area contributed by atoms with Gasteiger partial charge in [0.2, 0.25) is 5.91 Å². The molecule has 1 N–H and O–H groups in total. The Kier molecular flexibility index (Phi) is 6.37. The molecule has 146 valence electrons. The second kappa shape index (κ2) is 8.76. The van der Waals surface area contributed by atoms with E-state index < -0.39 is 11.9 Å². The van der Waals surface area contributed by atoms with E-state index in [4.69, 9.17) is 27.6 Å². The molecule has 1 amide bonds. The molecule has 0 radical (unpaired) electrons. The number of aromatic nitrogens is 1. The van der Waals surface area contributed by atoms with Crippen LogP contribution in [0.5, 0.6) is 0 Å². The van der Waals surface area contributed by atoms with Crippen LogP contribution in [0.1, 0.15) is 36.4 Å². The van der Waals surface area contributed by atoms with Gasteiger partial charge in [0.1, 0.15) is 5.82 Å². The van der Waals surface area contributed by atoms with E-state index in [0.29, 0.717) is 28.7 Å². The zero-order valence-corrected chi connectivity index (χ0v) is 16.9. The van der Waals surface area contributed by atoms with Crippen molar-refractivity contribution in [1.29, 1.82) is 0 Å². The van der Waals surface area contributed by atoms with Crippen molar-refractivity contribution in [3.05, 3.63) is 75.5 Å². The summed E-state index contributed by atoms with van der Waals surface area (Å²) in [5, 5.41) is 3.04. The van der Waals surface area contributed by atoms with E-state index in [1.165, 1.54) is 12.1 Å². The van der Waals surface area contributed by atoms with Gasteiger partial charge in [-0.3, -0.25) is 4.79 Å². The summed E-state index contributed by atoms with van der Waals surface area (Å²) in [7, 11) is 0. The normalized spacial score (nSPS) is 12.0. The van der Waals surface area contributed by atoms with E-state index in [2.05, 4.69) is 10.3 Å². The van der Waals surface area contributed by atoms with Crippen LogP contribution in [-0.2, 0) is 11.2 Å². The second-order valence-electron chi connectivity index (χ2n) is 6.56. The summed E-state index contributed by atoms with van der Waals surface area (Å²) in [6.07, 6.45) is 2.19. The Labute approximate surface area is 172 Å². The van der Waals surface area contributed by atoms with Gasteiger partial charge in [0.05, 0.1) is 17.3 Å². The molecule has 4 nitrogen and oxygen atoms in total. The highest BCUT2D eigenvalue weighted by molar-refractivity contribution is 6.35. The van der Waals surface area contributed by atoms with Crippen LogP contribution in [0.15, 0.2) is 47.0 Å². The third-order valence-corrected chi connectivity index (χ3v) is 4.96. The number of nitrogens with zero attached hydrogens (tertiary/aromatic N) is 1. The molecule has 7 heteroatoms. The fourth-order valence-electron chi connectivity index (χ4n) is 2.76. The molecule has 3 rings (SSSR count). The number of nitrogens with one attached hydrogen (secondary N) is 1. The predicted molar refractivity (Wildman–Crippen MR) is 108 cm³/mol. The molecule has 2 aromatic carbocycles. The Morgan fingerprint density at radius 2 is 1.93 bits per heavy atom. The summed E-state index contributed by atoms with van der Waals surface area (Å²) >= 11 is 11.8. The molecule has 28 heavy (non-hydrogen) atoms. The van der Waals surface area contributed by atoms with Crippen molar-refractivity contribution in [2.24, 2.45) is 0 Å². The summed E-state index contributed by atoms with van der Waals surface area (Å²) in [5.41, 5.74) is 2.56. The van der Waals surface area contributed by atoms with Crippen molar-refractivity contribution in [3.8, 4) is 11.3 Å². The van der Waals surface area contributed by atoms with Crippen molar-refractivity contribution >= 4 is 29.1 Å². The summed E-state index contributed by atoms with van der Waals surface area (Å²) in [4.78, 5) is 16.5. The van der Waals surface area contributed by atoms with Gasteiger partial charge >= 0.3 is 0 Å². The third-order valence-electron chi connectivity index (χ3n) is 4.34. The Balaban J connectivity index is 1.57. The van der Waals surface area contributed by atoms with E-state index in [1.807, 2.05) is 31.2 Å². The molecule has 1 atom stereocenters. The molecule has 0 aliphatic rings. The highest BCUT2D eigenvalue weighted by atomic mass is 35.5. The van der Waals surface area contributed by atoms with Crippen LogP contribution in [-0.4, -0.2) is 10.9 Å². The minimum Gasteiger partial charge on any atom is -0.441 e. The first-order valence-corrected chi connectivity index (χ1v) is 9.54. The summed E-state index contributed by atoms with van der Waals surface area (Å²) in [6.45, 7) is 3.74. The number of amides is 1. The van der Waals surface area contributed by atoms with Gasteiger partial charge < -0.3 is 9.73 Å². The van der Waals surface area contributed by atoms with Crippen molar-refractivity contribution in [2.75, 3.05) is 0 Å². The molecule has 0 saturated heterocycles. The topological polar surface area (TPSA) is 55.1 Å². The quantitative estimate of drug-likeness (QED) is 0.504. The average Bonchev–Trinajstić information content (AvgIpc) is 3.12. The van der Waals surface area contributed by atoms with Crippen LogP contribution >= 0.6 is 23.2 Å². The van der Waals surface area contributed by atoms with Gasteiger partial charge in [-0.1, -0.05) is 53.0 Å². The lowest BCUT2D eigenvalue weighted by molar-refractivity contribution is -0.121. The predicted octanol–water partition coefficient (Wildman–Crippen LogP) is 5.91.